The Labute approximate surface area is 206 Å². The average molecular weight is 511 g/mol. The number of β-amino-alcohol motifs (C(OH)–C–C–N with tert-alkyl or cyclic N) is 1. The quantitative estimate of drug-likeness (QED) is 0.446. The van der Waals surface area contributed by atoms with Crippen LogP contribution in [0.2, 0.25) is 0 Å². The van der Waals surface area contributed by atoms with Gasteiger partial charge in [0.15, 0.2) is 11.6 Å². The molecule has 2 unspecified atom stereocenters. The van der Waals surface area contributed by atoms with Gasteiger partial charge < -0.3 is 21.1 Å². The number of halogens is 4. The fourth-order valence-electron chi connectivity index (χ4n) is 4.44. The van der Waals surface area contributed by atoms with Crippen LogP contribution in [0.4, 0.5) is 29.2 Å². The van der Waals surface area contributed by atoms with Crippen molar-refractivity contribution < 1.29 is 27.5 Å². The van der Waals surface area contributed by atoms with E-state index < -0.39 is 35.0 Å². The number of amides is 1. The van der Waals surface area contributed by atoms with Crippen molar-refractivity contribution in [3.05, 3.63) is 47.5 Å². The van der Waals surface area contributed by atoms with Crippen molar-refractivity contribution in [1.82, 2.24) is 14.9 Å². The van der Waals surface area contributed by atoms with Crippen LogP contribution in [-0.2, 0) is 17.5 Å². The van der Waals surface area contributed by atoms with Crippen LogP contribution in [0.25, 0.3) is 0 Å². The number of primary amides is 1. The molecule has 2 heterocycles. The lowest BCUT2D eigenvalue weighted by molar-refractivity contribution is -0.137. The predicted molar refractivity (Wildman–Crippen MR) is 125 cm³/mol. The molecule has 2 aliphatic rings. The van der Waals surface area contributed by atoms with E-state index in [4.69, 9.17) is 5.73 Å². The molecular weight excluding hydrogens is 480 g/mol. The number of hydrogen-bond acceptors (Lipinski definition) is 7. The number of rotatable bonds is 9. The topological polar surface area (TPSA) is 108 Å². The van der Waals surface area contributed by atoms with Gasteiger partial charge in [0.2, 0.25) is 11.7 Å². The zero-order chi connectivity index (χ0) is 26.1. The third-order valence-corrected chi connectivity index (χ3v) is 6.94. The second-order valence-corrected chi connectivity index (χ2v) is 9.89. The first-order chi connectivity index (χ1) is 17.0. The molecule has 0 spiro atoms. The minimum absolute atomic E-state index is 0.00828. The Morgan fingerprint density at radius 3 is 2.56 bits per heavy atom. The maximum Gasteiger partial charge on any atom is 0.416 e. The molecule has 1 saturated heterocycles. The number of likely N-dealkylation sites (tertiary alicyclic amines) is 1. The number of benzene rings is 1. The summed E-state index contributed by atoms with van der Waals surface area (Å²) < 4.78 is 54.2. The second-order valence-electron chi connectivity index (χ2n) is 9.89. The molecule has 1 aromatic heterocycles. The van der Waals surface area contributed by atoms with Crippen LogP contribution in [0.3, 0.4) is 0 Å². The van der Waals surface area contributed by atoms with Gasteiger partial charge in [0.1, 0.15) is 6.33 Å². The second kappa shape index (κ2) is 10.2. The van der Waals surface area contributed by atoms with Crippen LogP contribution < -0.4 is 16.0 Å². The maximum absolute atomic E-state index is 15.5. The largest absolute Gasteiger partial charge is 0.416 e. The van der Waals surface area contributed by atoms with Gasteiger partial charge in [0.05, 0.1) is 18.2 Å². The standard InChI is InChI=1S/C24H30F4N6O2/c1-23(8-9-33(11-18(23)35)12-19(29)36)13-30-21-20(25)22(32-14-31-21)34(17-6-7-17)10-15-2-4-16(5-3-15)24(26,27)28/h2-5,14,17-18,35H,6-13H2,1H3,(H2,29,36)(H,30,31,32). The summed E-state index contributed by atoms with van der Waals surface area (Å²) >= 11 is 0. The predicted octanol–water partition coefficient (Wildman–Crippen LogP) is 2.77. The molecule has 1 aliphatic carbocycles. The van der Waals surface area contributed by atoms with Crippen molar-refractivity contribution in [1.29, 1.82) is 0 Å². The number of nitrogens with zero attached hydrogens (tertiary/aromatic N) is 4. The number of alkyl halides is 3. The number of carbonyl (C=O) groups is 1. The van der Waals surface area contributed by atoms with Gasteiger partial charge >= 0.3 is 6.18 Å². The Morgan fingerprint density at radius 2 is 1.97 bits per heavy atom. The highest BCUT2D eigenvalue weighted by Crippen LogP contribution is 2.36. The van der Waals surface area contributed by atoms with Gasteiger partial charge in [0.25, 0.3) is 0 Å². The van der Waals surface area contributed by atoms with Crippen LogP contribution >= 0.6 is 0 Å². The summed E-state index contributed by atoms with van der Waals surface area (Å²) in [6.07, 6.45) is -1.70. The highest BCUT2D eigenvalue weighted by atomic mass is 19.4. The summed E-state index contributed by atoms with van der Waals surface area (Å²) in [4.78, 5) is 22.9. The van der Waals surface area contributed by atoms with Gasteiger partial charge in [-0.25, -0.2) is 9.97 Å². The third kappa shape index (κ3) is 6.04. The van der Waals surface area contributed by atoms with Gasteiger partial charge in [0, 0.05) is 31.1 Å². The molecular formula is C24H30F4N6O2. The summed E-state index contributed by atoms with van der Waals surface area (Å²) in [5.74, 6) is -1.04. The Kier molecular flexibility index (Phi) is 7.37. The van der Waals surface area contributed by atoms with E-state index in [1.807, 2.05) is 6.92 Å². The monoisotopic (exact) mass is 510 g/mol. The van der Waals surface area contributed by atoms with Crippen molar-refractivity contribution in [2.75, 3.05) is 36.4 Å². The van der Waals surface area contributed by atoms with Crippen LogP contribution in [0.5, 0.6) is 0 Å². The normalized spacial score (nSPS) is 22.9. The number of aliphatic hydroxyl groups is 1. The van der Waals surface area contributed by atoms with Crippen molar-refractivity contribution in [2.45, 2.75) is 51.1 Å². The number of aliphatic hydroxyl groups excluding tert-OH is 1. The third-order valence-electron chi connectivity index (χ3n) is 6.94. The van der Waals surface area contributed by atoms with Crippen LogP contribution in [0.15, 0.2) is 30.6 Å². The molecule has 1 amide bonds. The SMILES string of the molecule is CC1(CNc2ncnc(N(Cc3ccc(C(F)(F)F)cc3)C3CC3)c2F)CCN(CC(N)=O)CC1O. The van der Waals surface area contributed by atoms with Crippen molar-refractivity contribution in [3.8, 4) is 0 Å². The molecule has 0 bridgehead atoms. The van der Waals surface area contributed by atoms with E-state index in [2.05, 4.69) is 15.3 Å². The Bertz CT molecular complexity index is 1080. The summed E-state index contributed by atoms with van der Waals surface area (Å²) in [7, 11) is 0. The number of nitrogens with two attached hydrogens (primary N) is 1. The number of piperidine rings is 1. The molecule has 8 nitrogen and oxygen atoms in total. The van der Waals surface area contributed by atoms with Crippen LogP contribution in [0.1, 0.15) is 37.3 Å². The molecule has 1 aromatic carbocycles. The molecule has 2 atom stereocenters. The molecule has 196 valence electrons. The van der Waals surface area contributed by atoms with E-state index in [-0.39, 0.29) is 43.9 Å². The average Bonchev–Trinajstić information content (AvgIpc) is 3.65. The first kappa shape index (κ1) is 26.1. The van der Waals surface area contributed by atoms with Crippen molar-refractivity contribution >= 4 is 17.5 Å². The minimum atomic E-state index is -4.42. The molecule has 2 fully saturated rings. The molecule has 1 saturated carbocycles. The first-order valence-electron chi connectivity index (χ1n) is 11.8. The number of anilines is 2. The Morgan fingerprint density at radius 1 is 1.28 bits per heavy atom. The fraction of sp³-hybridized carbons (Fsp3) is 0.542. The van der Waals surface area contributed by atoms with Crippen molar-refractivity contribution in [2.24, 2.45) is 11.1 Å². The molecule has 4 rings (SSSR count). The smallest absolute Gasteiger partial charge is 0.391 e. The van der Waals surface area contributed by atoms with Gasteiger partial charge in [-0.05, 0) is 43.5 Å². The van der Waals surface area contributed by atoms with Crippen LogP contribution in [-0.4, -0.2) is 64.2 Å². The zero-order valence-electron chi connectivity index (χ0n) is 19.9. The molecule has 4 N–H and O–H groups in total. The van der Waals surface area contributed by atoms with Gasteiger partial charge in [-0.15, -0.1) is 0 Å². The molecule has 2 aromatic rings. The zero-order valence-corrected chi connectivity index (χ0v) is 19.9. The fourth-order valence-corrected chi connectivity index (χ4v) is 4.44. The number of nitrogens with one attached hydrogen (secondary N) is 1. The number of carbonyl (C=O) groups excluding carboxylic acids is 1. The lowest BCUT2D eigenvalue weighted by Crippen LogP contribution is -2.53. The Hall–Kier alpha value is -2.99. The highest BCUT2D eigenvalue weighted by molar-refractivity contribution is 5.75. The lowest BCUT2D eigenvalue weighted by atomic mass is 9.77. The number of hydrogen-bond donors (Lipinski definition) is 3. The maximum atomic E-state index is 15.5. The first-order valence-corrected chi connectivity index (χ1v) is 11.8. The molecule has 0 radical (unpaired) electrons. The van der Waals surface area contributed by atoms with Gasteiger partial charge in [-0.2, -0.15) is 17.6 Å². The van der Waals surface area contributed by atoms with E-state index in [1.165, 1.54) is 18.5 Å². The van der Waals surface area contributed by atoms with E-state index in [0.717, 1.165) is 25.0 Å². The van der Waals surface area contributed by atoms with Gasteiger partial charge in [-0.1, -0.05) is 19.1 Å². The highest BCUT2D eigenvalue weighted by Gasteiger charge is 2.39. The summed E-state index contributed by atoms with van der Waals surface area (Å²) in [6.45, 7) is 3.25. The minimum Gasteiger partial charge on any atom is -0.391 e. The van der Waals surface area contributed by atoms with Gasteiger partial charge in [-0.3, -0.25) is 9.69 Å². The van der Waals surface area contributed by atoms with E-state index in [9.17, 15) is 23.1 Å². The molecule has 12 heteroatoms. The summed E-state index contributed by atoms with van der Waals surface area (Å²) in [6, 6.07) is 4.86. The lowest BCUT2D eigenvalue weighted by Gasteiger charge is -2.43. The number of aromatic nitrogens is 2. The van der Waals surface area contributed by atoms with E-state index >= 15 is 4.39 Å². The summed E-state index contributed by atoms with van der Waals surface area (Å²) in [5.41, 5.74) is 4.54. The Balaban J connectivity index is 1.45. The van der Waals surface area contributed by atoms with E-state index in [0.29, 0.717) is 18.5 Å². The summed E-state index contributed by atoms with van der Waals surface area (Å²) in [5, 5.41) is 13.7. The molecule has 1 aliphatic heterocycles. The van der Waals surface area contributed by atoms with Crippen molar-refractivity contribution in [3.63, 3.8) is 0 Å². The van der Waals surface area contributed by atoms with E-state index in [1.54, 1.807) is 9.80 Å². The van der Waals surface area contributed by atoms with Crippen LogP contribution in [0, 0.1) is 11.2 Å². The molecule has 36 heavy (non-hydrogen) atoms.